The molecule has 5 rings (SSSR count). The smallest absolute Gasteiger partial charge is 0.417 e. The molecule has 2 N–H and O–H groups in total. The number of nitrogens with zero attached hydrogens (tertiary/aromatic N) is 5. The van der Waals surface area contributed by atoms with E-state index in [0.29, 0.717) is 49.3 Å². The van der Waals surface area contributed by atoms with Gasteiger partial charge in [-0.2, -0.15) is 13.2 Å². The number of hydrogen-bond donors (Lipinski definition) is 2. The van der Waals surface area contributed by atoms with E-state index in [9.17, 15) is 27.6 Å². The van der Waals surface area contributed by atoms with Crippen molar-refractivity contribution < 1.29 is 31.9 Å². The van der Waals surface area contributed by atoms with E-state index in [1.807, 2.05) is 30.7 Å². The zero-order valence-electron chi connectivity index (χ0n) is 26.3. The van der Waals surface area contributed by atoms with Crippen molar-refractivity contribution in [2.75, 3.05) is 55.0 Å². The number of likely N-dealkylation sites (N-methyl/N-ethyl adjacent to an activating group) is 1. The topological polar surface area (TPSA) is 124 Å². The van der Waals surface area contributed by atoms with E-state index in [4.69, 9.17) is 4.74 Å². The van der Waals surface area contributed by atoms with E-state index >= 15 is 4.39 Å². The van der Waals surface area contributed by atoms with Crippen molar-refractivity contribution in [3.05, 3.63) is 81.3 Å². The minimum Gasteiger partial charge on any atom is -0.461 e. The molecule has 1 amide bonds. The van der Waals surface area contributed by atoms with Crippen LogP contribution in [0.1, 0.15) is 59.2 Å². The Balaban J connectivity index is 1.49. The molecule has 0 radical (unpaired) electrons. The molecule has 2 aliphatic heterocycles. The maximum atomic E-state index is 15.9. The number of esters is 1. The molecule has 2 aromatic heterocycles. The van der Waals surface area contributed by atoms with Crippen LogP contribution in [0.4, 0.5) is 34.9 Å². The Morgan fingerprint density at radius 3 is 2.49 bits per heavy atom. The van der Waals surface area contributed by atoms with Gasteiger partial charge < -0.3 is 24.8 Å². The van der Waals surface area contributed by atoms with Crippen LogP contribution in [0.2, 0.25) is 0 Å². The van der Waals surface area contributed by atoms with E-state index in [2.05, 4.69) is 25.2 Å². The number of hydrogen-bond acceptors (Lipinski definition) is 9. The molecule has 0 unspecified atom stereocenters. The number of carbonyl (C=O) groups is 2. The standard InChI is InChI=1S/C32H35F4N7O4/c1-5-47-30(46)25-6-9-37-31(40-25)42-10-7-20(8-11-42)21-12-26(27(14-24(21)33)43-16-18(2)41(4)19(3)17-43)39-29(45)22-15-38-28(44)13-23(22)32(34,35)36/h6-7,9,12-15,18-19H,5,8,10-11,16-17H2,1-4H3,(H,38,44)(H,39,45)/t18-,19+. The molecule has 250 valence electrons. The fourth-order valence-corrected chi connectivity index (χ4v) is 5.77. The SMILES string of the molecule is CCOC(=O)c1ccnc(N2CC=C(c3cc(NC(=O)c4c[nH]c(=O)cc4C(F)(F)F)c(N4C[C@@H](C)N(C)[C@@H](C)C4)cc3F)CC2)n1. The average Bonchev–Trinajstić information content (AvgIpc) is 3.03. The van der Waals surface area contributed by atoms with E-state index in [-0.39, 0.29) is 42.2 Å². The van der Waals surface area contributed by atoms with Crippen LogP contribution in [-0.4, -0.2) is 83.6 Å². The van der Waals surface area contributed by atoms with Crippen molar-refractivity contribution >= 4 is 34.8 Å². The zero-order valence-corrected chi connectivity index (χ0v) is 26.3. The molecular formula is C32H35F4N7O4. The molecule has 0 saturated carbocycles. The number of halogens is 4. The first-order valence-electron chi connectivity index (χ1n) is 15.1. The Hall–Kier alpha value is -4.79. The monoisotopic (exact) mass is 657 g/mol. The molecule has 0 aliphatic carbocycles. The van der Waals surface area contributed by atoms with Crippen molar-refractivity contribution in [2.45, 2.75) is 45.5 Å². The van der Waals surface area contributed by atoms with E-state index in [1.54, 1.807) is 13.0 Å². The fraction of sp³-hybridized carbons (Fsp3) is 0.406. The Morgan fingerprint density at radius 2 is 1.85 bits per heavy atom. The number of aromatic nitrogens is 3. The number of anilines is 3. The lowest BCUT2D eigenvalue weighted by Gasteiger charge is -2.44. The number of benzene rings is 1. The Bertz CT molecular complexity index is 1750. The molecule has 3 aromatic rings. The number of amides is 1. The van der Waals surface area contributed by atoms with Gasteiger partial charge in [0, 0.05) is 62.3 Å². The maximum Gasteiger partial charge on any atom is 0.417 e. The minimum absolute atomic E-state index is 0.0673. The summed E-state index contributed by atoms with van der Waals surface area (Å²) < 4.78 is 62.3. The molecule has 0 spiro atoms. The number of carbonyl (C=O) groups excluding carboxylic acids is 2. The summed E-state index contributed by atoms with van der Waals surface area (Å²) in [5.41, 5.74) is -1.80. The van der Waals surface area contributed by atoms with Gasteiger partial charge >= 0.3 is 12.1 Å². The second-order valence-electron chi connectivity index (χ2n) is 11.6. The number of alkyl halides is 3. The highest BCUT2D eigenvalue weighted by atomic mass is 19.4. The molecule has 2 atom stereocenters. The number of H-pyrrole nitrogens is 1. The number of nitrogens with one attached hydrogen (secondary N) is 2. The number of rotatable bonds is 7. The summed E-state index contributed by atoms with van der Waals surface area (Å²) in [7, 11) is 1.98. The molecule has 15 heteroatoms. The van der Waals surface area contributed by atoms with Gasteiger partial charge in [0.2, 0.25) is 11.5 Å². The summed E-state index contributed by atoms with van der Waals surface area (Å²) >= 11 is 0. The van der Waals surface area contributed by atoms with Crippen molar-refractivity contribution in [1.29, 1.82) is 0 Å². The lowest BCUT2D eigenvalue weighted by atomic mass is 9.97. The quantitative estimate of drug-likeness (QED) is 0.278. The average molecular weight is 658 g/mol. The first-order valence-corrected chi connectivity index (χ1v) is 15.1. The van der Waals surface area contributed by atoms with Crippen molar-refractivity contribution in [3.8, 4) is 0 Å². The fourth-order valence-electron chi connectivity index (χ4n) is 5.77. The summed E-state index contributed by atoms with van der Waals surface area (Å²) in [6.07, 6.45) is -0.664. The van der Waals surface area contributed by atoms with Gasteiger partial charge in [0.25, 0.3) is 5.91 Å². The highest BCUT2D eigenvalue weighted by Gasteiger charge is 2.36. The van der Waals surface area contributed by atoms with Crippen LogP contribution in [0.25, 0.3) is 5.57 Å². The van der Waals surface area contributed by atoms with Gasteiger partial charge in [-0.15, -0.1) is 0 Å². The van der Waals surface area contributed by atoms with Crippen LogP contribution < -0.4 is 20.7 Å². The van der Waals surface area contributed by atoms with Gasteiger partial charge in [-0.05, 0) is 58.0 Å². The van der Waals surface area contributed by atoms with Gasteiger partial charge in [-0.3, -0.25) is 14.5 Å². The molecule has 1 fully saturated rings. The number of ether oxygens (including phenoxy) is 1. The molecule has 47 heavy (non-hydrogen) atoms. The van der Waals surface area contributed by atoms with Crippen molar-refractivity contribution in [2.24, 2.45) is 0 Å². The second-order valence-corrected chi connectivity index (χ2v) is 11.6. The first-order chi connectivity index (χ1) is 22.3. The molecule has 1 saturated heterocycles. The third-order valence-electron chi connectivity index (χ3n) is 8.47. The predicted octanol–water partition coefficient (Wildman–Crippen LogP) is 4.57. The van der Waals surface area contributed by atoms with Crippen LogP contribution in [0, 0.1) is 5.82 Å². The van der Waals surface area contributed by atoms with Gasteiger partial charge in [-0.25, -0.2) is 19.2 Å². The summed E-state index contributed by atoms with van der Waals surface area (Å²) in [4.78, 5) is 53.8. The highest BCUT2D eigenvalue weighted by molar-refractivity contribution is 6.07. The lowest BCUT2D eigenvalue weighted by Crippen LogP contribution is -2.55. The lowest BCUT2D eigenvalue weighted by molar-refractivity contribution is -0.138. The van der Waals surface area contributed by atoms with Gasteiger partial charge in [0.15, 0.2) is 5.69 Å². The second kappa shape index (κ2) is 13.5. The third kappa shape index (κ3) is 7.29. The van der Waals surface area contributed by atoms with Crippen LogP contribution in [0.15, 0.2) is 47.5 Å². The highest BCUT2D eigenvalue weighted by Crippen LogP contribution is 2.37. The summed E-state index contributed by atoms with van der Waals surface area (Å²) in [6, 6.07) is 4.66. The van der Waals surface area contributed by atoms with Gasteiger partial charge in [0.1, 0.15) is 5.82 Å². The molecule has 1 aromatic carbocycles. The normalized spacial score (nSPS) is 18.9. The first kappa shape index (κ1) is 33.6. The molecule has 4 heterocycles. The third-order valence-corrected chi connectivity index (χ3v) is 8.47. The van der Waals surface area contributed by atoms with Gasteiger partial charge in [-0.1, -0.05) is 6.08 Å². The van der Waals surface area contributed by atoms with Crippen LogP contribution in [-0.2, 0) is 10.9 Å². The minimum atomic E-state index is -4.96. The summed E-state index contributed by atoms with van der Waals surface area (Å²) in [5, 5.41) is 2.58. The Morgan fingerprint density at radius 1 is 1.13 bits per heavy atom. The number of piperazine rings is 1. The van der Waals surface area contributed by atoms with Crippen LogP contribution >= 0.6 is 0 Å². The number of aromatic amines is 1. The molecule has 0 bridgehead atoms. The van der Waals surface area contributed by atoms with E-state index in [1.165, 1.54) is 24.4 Å². The van der Waals surface area contributed by atoms with Crippen molar-refractivity contribution in [3.63, 3.8) is 0 Å². The maximum absolute atomic E-state index is 15.9. The molecular weight excluding hydrogens is 622 g/mol. The predicted molar refractivity (Wildman–Crippen MR) is 168 cm³/mol. The summed E-state index contributed by atoms with van der Waals surface area (Å²) in [5.74, 6) is -1.94. The largest absolute Gasteiger partial charge is 0.461 e. The van der Waals surface area contributed by atoms with Crippen molar-refractivity contribution in [1.82, 2.24) is 19.9 Å². The van der Waals surface area contributed by atoms with Gasteiger partial charge in [0.05, 0.1) is 29.1 Å². The van der Waals surface area contributed by atoms with Crippen LogP contribution in [0.3, 0.4) is 0 Å². The summed E-state index contributed by atoms with van der Waals surface area (Å²) in [6.45, 7) is 7.52. The molecule has 11 nitrogen and oxygen atoms in total. The zero-order chi connectivity index (χ0) is 34.0. The Labute approximate surface area is 268 Å². The van der Waals surface area contributed by atoms with E-state index < -0.39 is 40.6 Å². The number of pyridine rings is 1. The van der Waals surface area contributed by atoms with Crippen LogP contribution in [0.5, 0.6) is 0 Å². The van der Waals surface area contributed by atoms with E-state index in [0.717, 1.165) is 6.20 Å². The molecule has 2 aliphatic rings. The Kier molecular flexibility index (Phi) is 9.65.